The molecule has 29 nitrogen and oxygen atoms in total. The molecule has 0 aliphatic carbocycles. The van der Waals surface area contributed by atoms with Crippen LogP contribution in [-0.2, 0) is 67.6 Å². The van der Waals surface area contributed by atoms with E-state index in [9.17, 15) is 14.4 Å². The number of rotatable bonds is 16. The highest BCUT2D eigenvalue weighted by atomic mass is 32.5. The molecule has 0 radical (unpaired) electrons. The lowest BCUT2D eigenvalue weighted by atomic mass is 9.87. The molecule has 32 heteroatoms. The summed E-state index contributed by atoms with van der Waals surface area (Å²) >= 11 is 5.31. The van der Waals surface area contributed by atoms with Crippen LogP contribution in [0.25, 0.3) is 33.5 Å². The zero-order valence-electron chi connectivity index (χ0n) is 55.2. The van der Waals surface area contributed by atoms with Crippen molar-refractivity contribution in [3.05, 3.63) is 38.0 Å². The Labute approximate surface area is 526 Å². The second-order valence-corrected chi connectivity index (χ2v) is 33.1. The Hall–Kier alpha value is -4.59. The van der Waals surface area contributed by atoms with Gasteiger partial charge in [-0.15, -0.1) is 0 Å². The number of nitrogens with two attached hydrogens (primary N) is 3. The molecule has 6 aromatic rings. The fraction of sp³-hybridized carbons (Fsp3) is 0.737. The number of fused-ring (bicyclic) bond motifs is 3. The fourth-order valence-electron chi connectivity index (χ4n) is 10.9. The maximum absolute atomic E-state index is 12.8. The minimum Gasteiger partial charge on any atom is -0.382 e. The van der Waals surface area contributed by atoms with Crippen LogP contribution in [-0.4, -0.2) is 161 Å². The summed E-state index contributed by atoms with van der Waals surface area (Å²) in [5.74, 6) is 0.867. The van der Waals surface area contributed by atoms with Crippen molar-refractivity contribution in [3.8, 4) is 0 Å². The van der Waals surface area contributed by atoms with Gasteiger partial charge < -0.3 is 64.7 Å². The Morgan fingerprint density at radius 2 is 0.764 bits per heavy atom. The molecule has 0 bridgehead atoms. The van der Waals surface area contributed by atoms with Gasteiger partial charge in [0.2, 0.25) is 0 Å². The third-order valence-corrected chi connectivity index (χ3v) is 16.9. The number of aromatic nitrogens is 12. The van der Waals surface area contributed by atoms with Gasteiger partial charge in [0.25, 0.3) is 0 Å². The van der Waals surface area contributed by atoms with Crippen LogP contribution < -0.4 is 17.2 Å². The van der Waals surface area contributed by atoms with Gasteiger partial charge in [-0.1, -0.05) is 62.3 Å². The van der Waals surface area contributed by atoms with Crippen LogP contribution in [0.15, 0.2) is 38.0 Å². The lowest BCUT2D eigenvalue weighted by Gasteiger charge is -2.32. The van der Waals surface area contributed by atoms with Crippen LogP contribution >= 0.6 is 14.5 Å². The maximum atomic E-state index is 12.8. The van der Waals surface area contributed by atoms with Gasteiger partial charge in [0.05, 0.1) is 54.1 Å². The van der Waals surface area contributed by atoms with E-state index in [-0.39, 0.29) is 51.8 Å². The molecule has 0 spiro atoms. The molecule has 9 rings (SSSR count). The van der Waals surface area contributed by atoms with E-state index >= 15 is 0 Å². The van der Waals surface area contributed by atoms with Crippen LogP contribution in [0, 0.1) is 16.2 Å². The number of phosphoric ester groups is 1. The Bertz CT molecular complexity index is 3290. The number of phosphoric acid groups is 1. The van der Waals surface area contributed by atoms with Gasteiger partial charge in [0.15, 0.2) is 53.1 Å². The predicted octanol–water partition coefficient (Wildman–Crippen LogP) is 9.17. The largest absolute Gasteiger partial charge is 0.473 e. The Kier molecular flexibility index (Phi) is 21.9. The van der Waals surface area contributed by atoms with Crippen molar-refractivity contribution in [2.75, 3.05) is 38.5 Å². The van der Waals surface area contributed by atoms with E-state index in [2.05, 4.69) is 86.4 Å². The first kappa shape index (κ1) is 71.8. The standard InChI is InChI=1S/C19H32N5O6P.C19H32N5O5PS.C19H31N5O3/c1-18(2,3)8-11-13(29-31(25,26)30-19(4,5)6)14(27-7)17(28-11)24-10-23-12-15(20)21-9-22-16(12)24;1-18(2,3)8-11-13(28-30(25,31)29-19(4,5)6)14(26-7)17(27-11)24-10-23-12-15(20)21-9-22-16(12)24;1-18(2,3)8-11-13(27-19(4,5)6)14(25-7)17(26-11)24-10-23-12-15(20)21-9-22-16(12)24/h9-11,13-14,17H,8H2,1-7H3,(H,25,26)(H2,20,21,22);9-11,13-14,17H,8H2,1-7H3,(H,25,31)(H2,20,21,22);9-11,13-14,17H,8H2,1-7H3,(H2,20,21,22)/t11-,13?,14+,17-;11-,13?,14+,17-,30?;11-,13?,14+,17-/m111/s1. The summed E-state index contributed by atoms with van der Waals surface area (Å²) in [5.41, 5.74) is 18.8. The van der Waals surface area contributed by atoms with Gasteiger partial charge in [-0.25, -0.2) is 49.4 Å². The van der Waals surface area contributed by atoms with Crippen molar-refractivity contribution in [1.82, 2.24) is 58.6 Å². The lowest BCUT2D eigenvalue weighted by molar-refractivity contribution is -0.123. The summed E-state index contributed by atoms with van der Waals surface area (Å²) in [4.78, 5) is 59.0. The van der Waals surface area contributed by atoms with Crippen molar-refractivity contribution in [2.45, 2.75) is 234 Å². The second kappa shape index (κ2) is 27.2. The molecule has 3 aliphatic rings. The van der Waals surface area contributed by atoms with Crippen molar-refractivity contribution >= 4 is 77.3 Å². The number of hydrogen-bond acceptors (Lipinski definition) is 25. The number of nitrogen functional groups attached to an aromatic ring is 3. The monoisotopic (exact) mass is 1310 g/mol. The first-order valence-corrected chi connectivity index (χ1v) is 33.5. The highest BCUT2D eigenvalue weighted by Gasteiger charge is 2.54. The summed E-state index contributed by atoms with van der Waals surface area (Å²) in [5, 5.41) is 0. The molecule has 6 aromatic heterocycles. The number of hydrogen-bond donors (Lipinski definition) is 5. The number of ether oxygens (including phenoxy) is 7. The molecular formula is C57H95N15O14P2S. The van der Waals surface area contributed by atoms with E-state index in [0.717, 1.165) is 6.42 Å². The maximum Gasteiger partial charge on any atom is 0.473 e. The normalized spacial score (nSPS) is 26.9. The van der Waals surface area contributed by atoms with Gasteiger partial charge in [-0.3, -0.25) is 27.3 Å². The van der Waals surface area contributed by atoms with Crippen molar-refractivity contribution in [1.29, 1.82) is 0 Å². The van der Waals surface area contributed by atoms with Gasteiger partial charge in [0.1, 0.15) is 72.2 Å². The van der Waals surface area contributed by atoms with E-state index in [4.69, 9.17) is 80.3 Å². The fourth-order valence-corrected chi connectivity index (χ4v) is 14.4. The summed E-state index contributed by atoms with van der Waals surface area (Å²) in [6.45, 7) is 32.0. The van der Waals surface area contributed by atoms with E-state index < -0.39 is 81.1 Å². The average molecular weight is 1310 g/mol. The molecule has 0 saturated carbocycles. The van der Waals surface area contributed by atoms with Gasteiger partial charge >= 0.3 is 14.5 Å². The Morgan fingerprint density at radius 3 is 1.06 bits per heavy atom. The minimum atomic E-state index is -4.41. The van der Waals surface area contributed by atoms with Crippen molar-refractivity contribution in [2.24, 2.45) is 16.2 Å². The van der Waals surface area contributed by atoms with Crippen LogP contribution in [0.4, 0.5) is 17.5 Å². The molecule has 8 N–H and O–H groups in total. The molecule has 498 valence electrons. The van der Waals surface area contributed by atoms with E-state index in [1.165, 1.54) is 32.4 Å². The van der Waals surface area contributed by atoms with Crippen LogP contribution in [0.3, 0.4) is 0 Å². The topological polar surface area (TPSA) is 368 Å². The number of anilines is 3. The third kappa shape index (κ3) is 18.6. The highest BCUT2D eigenvalue weighted by Crippen LogP contribution is 2.55. The third-order valence-electron chi connectivity index (χ3n) is 13.9. The summed E-state index contributed by atoms with van der Waals surface area (Å²) in [6, 6.07) is 0. The number of imidazole rings is 3. The van der Waals surface area contributed by atoms with Crippen molar-refractivity contribution in [3.63, 3.8) is 0 Å². The molecule has 14 atom stereocenters. The first-order valence-electron chi connectivity index (χ1n) is 29.4. The minimum absolute atomic E-state index is 0.0774. The van der Waals surface area contributed by atoms with Gasteiger partial charge in [-0.2, -0.15) is 0 Å². The summed E-state index contributed by atoms with van der Waals surface area (Å²) in [6.07, 6.45) is 4.79. The smallest absolute Gasteiger partial charge is 0.382 e. The molecule has 3 aliphatic heterocycles. The lowest BCUT2D eigenvalue weighted by Crippen LogP contribution is -2.42. The van der Waals surface area contributed by atoms with E-state index in [1.807, 2.05) is 66.9 Å². The molecule has 89 heavy (non-hydrogen) atoms. The highest BCUT2D eigenvalue weighted by molar-refractivity contribution is 8.07. The number of methoxy groups -OCH3 is 3. The van der Waals surface area contributed by atoms with E-state index in [1.54, 1.807) is 56.8 Å². The van der Waals surface area contributed by atoms with Gasteiger partial charge in [0, 0.05) is 21.3 Å². The van der Waals surface area contributed by atoms with Crippen LogP contribution in [0.1, 0.15) is 163 Å². The predicted molar refractivity (Wildman–Crippen MR) is 338 cm³/mol. The molecule has 0 aromatic carbocycles. The molecule has 0 amide bonds. The Balaban J connectivity index is 0.000000191. The summed E-state index contributed by atoms with van der Waals surface area (Å²) < 4.78 is 83.6. The summed E-state index contributed by atoms with van der Waals surface area (Å²) in [7, 11) is 0.329. The van der Waals surface area contributed by atoms with Crippen LogP contribution in [0.5, 0.6) is 0 Å². The molecular weight excluding hydrogens is 1210 g/mol. The number of nitrogens with zero attached hydrogens (tertiary/aromatic N) is 12. The Morgan fingerprint density at radius 1 is 0.461 bits per heavy atom. The molecule has 3 fully saturated rings. The second-order valence-electron chi connectivity index (χ2n) is 29.0. The first-order chi connectivity index (χ1) is 40.9. The zero-order chi connectivity index (χ0) is 66.4. The molecule has 3 saturated heterocycles. The zero-order valence-corrected chi connectivity index (χ0v) is 57.8. The average Bonchev–Trinajstić information content (AvgIpc) is 1.66. The van der Waals surface area contributed by atoms with Crippen LogP contribution in [0.2, 0.25) is 0 Å². The molecule has 5 unspecified atom stereocenters. The van der Waals surface area contributed by atoms with Crippen molar-refractivity contribution < 1.29 is 65.6 Å². The SMILES string of the molecule is CO[C@H]1C(OC(C)(C)C)[C@@H](CC(C)(C)C)O[C@H]1n1cnc2c(N)ncnc21.CO[C@H]1C(OP(=O)(O)OC(C)(C)C)[C@@H](CC(C)(C)C)O[C@H]1n1cnc2c(N)ncnc21.CO[C@H]1C(OP(O)(=S)OC(C)(C)C)[C@@H](CC(C)(C)C)O[C@H]1n1cnc2c(N)ncnc21. The van der Waals surface area contributed by atoms with Gasteiger partial charge in [-0.05, 0) is 110 Å². The molecule has 9 heterocycles. The van der Waals surface area contributed by atoms with E-state index in [0.29, 0.717) is 52.2 Å². The quantitative estimate of drug-likeness (QED) is 0.0563.